The van der Waals surface area contributed by atoms with Crippen molar-refractivity contribution in [3.63, 3.8) is 0 Å². The van der Waals surface area contributed by atoms with E-state index >= 15 is 0 Å². The summed E-state index contributed by atoms with van der Waals surface area (Å²) in [6.07, 6.45) is 1.78. The van der Waals surface area contributed by atoms with Crippen LogP contribution >= 0.6 is 0 Å². The first kappa shape index (κ1) is 11.0. The van der Waals surface area contributed by atoms with E-state index in [1.54, 1.807) is 0 Å². The van der Waals surface area contributed by atoms with Crippen molar-refractivity contribution in [2.24, 2.45) is 0 Å². The van der Waals surface area contributed by atoms with Crippen LogP contribution in [0.25, 0.3) is 0 Å². The zero-order valence-corrected chi connectivity index (χ0v) is 8.70. The fraction of sp³-hybridized carbons (Fsp3) is 1.00. The largest absolute Gasteiger partial charge is 0.393 e. The Balaban J connectivity index is 2.30. The van der Waals surface area contributed by atoms with Gasteiger partial charge in [0.2, 0.25) is 0 Å². The third kappa shape index (κ3) is 4.07. The van der Waals surface area contributed by atoms with Crippen LogP contribution in [0.5, 0.6) is 0 Å². The first-order chi connectivity index (χ1) is 6.20. The van der Waals surface area contributed by atoms with Crippen molar-refractivity contribution in [2.75, 3.05) is 26.3 Å². The molecule has 1 rings (SSSR count). The number of ether oxygens (including phenoxy) is 1. The molecule has 0 aromatic rings. The summed E-state index contributed by atoms with van der Waals surface area (Å²) in [5.74, 6) is 0. The maximum atomic E-state index is 9.27. The molecule has 0 saturated carbocycles. The van der Waals surface area contributed by atoms with E-state index in [9.17, 15) is 5.11 Å². The second kappa shape index (κ2) is 5.58. The summed E-state index contributed by atoms with van der Waals surface area (Å²) in [5, 5.41) is 9.27. The first-order valence-corrected chi connectivity index (χ1v) is 5.20. The Morgan fingerprint density at radius 1 is 1.31 bits per heavy atom. The van der Waals surface area contributed by atoms with Crippen LogP contribution in [0.15, 0.2) is 0 Å². The predicted molar refractivity (Wildman–Crippen MR) is 52.8 cm³/mol. The fourth-order valence-electron chi connectivity index (χ4n) is 1.85. The molecule has 0 aliphatic carbocycles. The average molecular weight is 187 g/mol. The molecule has 13 heavy (non-hydrogen) atoms. The molecule has 0 aromatic heterocycles. The average Bonchev–Trinajstić information content (AvgIpc) is 2.29. The number of hydrogen-bond acceptors (Lipinski definition) is 3. The fourth-order valence-corrected chi connectivity index (χ4v) is 1.85. The predicted octanol–water partition coefficient (Wildman–Crippen LogP) is 0.868. The Labute approximate surface area is 80.7 Å². The quantitative estimate of drug-likeness (QED) is 0.711. The van der Waals surface area contributed by atoms with E-state index in [1.807, 2.05) is 6.92 Å². The van der Waals surface area contributed by atoms with E-state index in [-0.39, 0.29) is 6.10 Å². The highest BCUT2D eigenvalue weighted by atomic mass is 16.5. The number of hydrogen-bond donors (Lipinski definition) is 1. The number of aliphatic hydroxyl groups is 1. The van der Waals surface area contributed by atoms with Crippen molar-refractivity contribution < 1.29 is 9.84 Å². The first-order valence-electron chi connectivity index (χ1n) is 5.20. The third-order valence-corrected chi connectivity index (χ3v) is 2.56. The Morgan fingerprint density at radius 3 is 2.77 bits per heavy atom. The molecule has 1 saturated heterocycles. The molecule has 2 unspecified atom stereocenters. The van der Waals surface area contributed by atoms with Crippen LogP contribution in [0.2, 0.25) is 0 Å². The van der Waals surface area contributed by atoms with E-state index < -0.39 is 0 Å². The molecule has 3 heteroatoms. The highest BCUT2D eigenvalue weighted by molar-refractivity contribution is 4.70. The second-order valence-electron chi connectivity index (χ2n) is 3.94. The van der Waals surface area contributed by atoms with Crippen LogP contribution in [-0.4, -0.2) is 48.5 Å². The topological polar surface area (TPSA) is 32.7 Å². The summed E-state index contributed by atoms with van der Waals surface area (Å²) < 4.78 is 5.38. The molecule has 1 heterocycles. The molecule has 0 bridgehead atoms. The van der Waals surface area contributed by atoms with Crippen LogP contribution in [0.4, 0.5) is 0 Å². The van der Waals surface area contributed by atoms with Gasteiger partial charge >= 0.3 is 0 Å². The van der Waals surface area contributed by atoms with Gasteiger partial charge in [-0.05, 0) is 26.7 Å². The van der Waals surface area contributed by atoms with Crippen molar-refractivity contribution >= 4 is 0 Å². The summed E-state index contributed by atoms with van der Waals surface area (Å²) in [7, 11) is 0. The van der Waals surface area contributed by atoms with Gasteiger partial charge in [-0.25, -0.2) is 0 Å². The van der Waals surface area contributed by atoms with E-state index in [0.717, 1.165) is 39.1 Å². The molecule has 2 atom stereocenters. The minimum atomic E-state index is -0.195. The lowest BCUT2D eigenvalue weighted by molar-refractivity contribution is 0.107. The molecular weight excluding hydrogens is 166 g/mol. The van der Waals surface area contributed by atoms with Gasteiger partial charge in [-0.15, -0.1) is 0 Å². The molecule has 0 radical (unpaired) electrons. The smallest absolute Gasteiger partial charge is 0.0593 e. The molecule has 1 aliphatic rings. The number of aliphatic hydroxyl groups excluding tert-OH is 1. The van der Waals surface area contributed by atoms with Crippen molar-refractivity contribution in [1.29, 1.82) is 0 Å². The molecule has 3 nitrogen and oxygen atoms in total. The van der Waals surface area contributed by atoms with Crippen molar-refractivity contribution in [3.05, 3.63) is 0 Å². The van der Waals surface area contributed by atoms with Crippen LogP contribution in [0, 0.1) is 0 Å². The van der Waals surface area contributed by atoms with E-state index in [2.05, 4.69) is 11.8 Å². The van der Waals surface area contributed by atoms with E-state index in [4.69, 9.17) is 4.74 Å². The normalized spacial score (nSPS) is 25.2. The lowest BCUT2D eigenvalue weighted by Gasteiger charge is -2.27. The van der Waals surface area contributed by atoms with Gasteiger partial charge in [-0.3, -0.25) is 4.90 Å². The highest BCUT2D eigenvalue weighted by Crippen LogP contribution is 2.09. The maximum absolute atomic E-state index is 9.27. The van der Waals surface area contributed by atoms with Crippen LogP contribution < -0.4 is 0 Å². The Bertz CT molecular complexity index is 131. The SMILES string of the molecule is CC(O)CC(C)N1CCCOCC1. The van der Waals surface area contributed by atoms with Crippen LogP contribution in [0.3, 0.4) is 0 Å². The van der Waals surface area contributed by atoms with Gasteiger partial charge in [0, 0.05) is 25.7 Å². The second-order valence-corrected chi connectivity index (χ2v) is 3.94. The Hall–Kier alpha value is -0.120. The summed E-state index contributed by atoms with van der Waals surface area (Å²) in [4.78, 5) is 2.40. The van der Waals surface area contributed by atoms with Gasteiger partial charge in [-0.2, -0.15) is 0 Å². The molecule has 1 fully saturated rings. The van der Waals surface area contributed by atoms with Gasteiger partial charge in [-0.1, -0.05) is 0 Å². The molecule has 1 N–H and O–H groups in total. The molecule has 0 amide bonds. The summed E-state index contributed by atoms with van der Waals surface area (Å²) in [6.45, 7) is 7.87. The summed E-state index contributed by atoms with van der Waals surface area (Å²) in [5.41, 5.74) is 0. The van der Waals surface area contributed by atoms with Gasteiger partial charge in [0.05, 0.1) is 12.7 Å². The summed E-state index contributed by atoms with van der Waals surface area (Å²) in [6, 6.07) is 0.474. The zero-order valence-electron chi connectivity index (χ0n) is 8.70. The minimum Gasteiger partial charge on any atom is -0.393 e. The van der Waals surface area contributed by atoms with Gasteiger partial charge in [0.25, 0.3) is 0 Å². The molecule has 0 spiro atoms. The van der Waals surface area contributed by atoms with Crippen LogP contribution in [0.1, 0.15) is 26.7 Å². The van der Waals surface area contributed by atoms with Gasteiger partial charge in [0.15, 0.2) is 0 Å². The lowest BCUT2D eigenvalue weighted by Crippen LogP contribution is -2.36. The molecule has 1 aliphatic heterocycles. The Kier molecular flexibility index (Phi) is 4.70. The van der Waals surface area contributed by atoms with Crippen molar-refractivity contribution in [3.8, 4) is 0 Å². The van der Waals surface area contributed by atoms with Crippen LogP contribution in [-0.2, 0) is 4.74 Å². The number of rotatable bonds is 3. The Morgan fingerprint density at radius 2 is 2.08 bits per heavy atom. The zero-order chi connectivity index (χ0) is 9.68. The van der Waals surface area contributed by atoms with Crippen molar-refractivity contribution in [2.45, 2.75) is 38.8 Å². The van der Waals surface area contributed by atoms with E-state index in [1.165, 1.54) is 0 Å². The number of nitrogens with zero attached hydrogens (tertiary/aromatic N) is 1. The standard InChI is InChI=1S/C10H21NO2/c1-9(8-10(2)12)11-4-3-6-13-7-5-11/h9-10,12H,3-8H2,1-2H3. The van der Waals surface area contributed by atoms with E-state index in [0.29, 0.717) is 6.04 Å². The molecule has 78 valence electrons. The molecule has 0 aromatic carbocycles. The monoisotopic (exact) mass is 187 g/mol. The maximum Gasteiger partial charge on any atom is 0.0593 e. The summed E-state index contributed by atoms with van der Waals surface area (Å²) >= 11 is 0. The lowest BCUT2D eigenvalue weighted by atomic mass is 10.1. The van der Waals surface area contributed by atoms with Gasteiger partial charge < -0.3 is 9.84 Å². The van der Waals surface area contributed by atoms with Gasteiger partial charge in [0.1, 0.15) is 0 Å². The molecular formula is C10H21NO2. The van der Waals surface area contributed by atoms with Crippen molar-refractivity contribution in [1.82, 2.24) is 4.90 Å². The third-order valence-electron chi connectivity index (χ3n) is 2.56. The minimum absolute atomic E-state index is 0.195. The highest BCUT2D eigenvalue weighted by Gasteiger charge is 2.16.